The topological polar surface area (TPSA) is 50.9 Å². The quantitative estimate of drug-likeness (QED) is 0.162. The van der Waals surface area contributed by atoms with Crippen LogP contribution in [0.25, 0.3) is 83.9 Å². The summed E-state index contributed by atoms with van der Waals surface area (Å²) < 4.78 is 98.4. The minimum absolute atomic E-state index is 0. The Morgan fingerprint density at radius 2 is 1.33 bits per heavy atom. The summed E-state index contributed by atoms with van der Waals surface area (Å²) in [5.74, 6) is 0.335. The van der Waals surface area contributed by atoms with Gasteiger partial charge in [0.2, 0.25) is 0 Å². The van der Waals surface area contributed by atoms with Gasteiger partial charge in [-0.2, -0.15) is 0 Å². The first-order chi connectivity index (χ1) is 34.7. The smallest absolute Gasteiger partial charge is 0.148 e. The predicted octanol–water partition coefficient (Wildman–Crippen LogP) is 15.4. The number of hydrogen-bond donors (Lipinski definition) is 1. The molecule has 2 aromatic heterocycles. The number of nitrogens with zero attached hydrogens (tertiary/aromatic N) is 3. The molecule has 64 heavy (non-hydrogen) atoms. The molecule has 1 N–H and O–H groups in total. The second-order valence-electron chi connectivity index (χ2n) is 18.2. The third-order valence-corrected chi connectivity index (χ3v) is 11.5. The molecule has 7 aromatic carbocycles. The van der Waals surface area contributed by atoms with Crippen molar-refractivity contribution in [3.8, 4) is 78.6 Å². The van der Waals surface area contributed by atoms with Gasteiger partial charge >= 0.3 is 0 Å². The number of para-hydroxylation sites is 1. The van der Waals surface area contributed by atoms with Gasteiger partial charge in [-0.1, -0.05) is 162 Å². The van der Waals surface area contributed by atoms with Crippen molar-refractivity contribution in [1.29, 1.82) is 0 Å². The van der Waals surface area contributed by atoms with Crippen molar-refractivity contribution in [2.75, 3.05) is 0 Å². The molecular formula is C59H54N3OPt-. The summed E-state index contributed by atoms with van der Waals surface area (Å²) in [5.41, 5.74) is 8.10. The fraction of sp³-hybridized carbons (Fsp3) is 0.186. The molecule has 0 aliphatic heterocycles. The van der Waals surface area contributed by atoms with Gasteiger partial charge in [0.15, 0.2) is 0 Å². The van der Waals surface area contributed by atoms with E-state index in [1.165, 1.54) is 0 Å². The van der Waals surface area contributed by atoms with E-state index in [0.717, 1.165) is 27.8 Å². The first-order valence-electron chi connectivity index (χ1n) is 26.5. The van der Waals surface area contributed by atoms with Crippen molar-refractivity contribution >= 4 is 11.0 Å². The van der Waals surface area contributed by atoms with Crippen LogP contribution in [-0.2, 0) is 31.9 Å². The summed E-state index contributed by atoms with van der Waals surface area (Å²) in [4.78, 5) is 9.83. The van der Waals surface area contributed by atoms with Gasteiger partial charge in [-0.15, -0.1) is 29.3 Å². The van der Waals surface area contributed by atoms with E-state index in [0.29, 0.717) is 55.9 Å². The molecule has 5 heteroatoms. The minimum atomic E-state index is -2.57. The van der Waals surface area contributed by atoms with Gasteiger partial charge in [-0.25, -0.2) is 4.98 Å². The number of phenols is 1. The van der Waals surface area contributed by atoms with Crippen molar-refractivity contribution in [2.45, 2.75) is 73.1 Å². The number of aromatic nitrogens is 3. The van der Waals surface area contributed by atoms with Crippen molar-refractivity contribution in [1.82, 2.24) is 14.5 Å². The number of rotatable bonds is 7. The molecule has 9 aromatic rings. The normalized spacial score (nSPS) is 14.4. The van der Waals surface area contributed by atoms with Crippen LogP contribution in [0, 0.1) is 26.8 Å². The summed E-state index contributed by atoms with van der Waals surface area (Å²) >= 11 is 0. The zero-order chi connectivity index (χ0) is 53.7. The van der Waals surface area contributed by atoms with E-state index in [2.05, 4.69) is 44.0 Å². The molecule has 0 aliphatic carbocycles. The molecule has 322 valence electrons. The first-order valence-corrected chi connectivity index (χ1v) is 21.0. The fourth-order valence-electron chi connectivity index (χ4n) is 8.10. The number of hydrogen-bond acceptors (Lipinski definition) is 3. The zero-order valence-electron chi connectivity index (χ0n) is 48.0. The van der Waals surface area contributed by atoms with Crippen LogP contribution < -0.4 is 0 Å². The molecule has 9 rings (SSSR count). The Morgan fingerprint density at radius 3 is 2.03 bits per heavy atom. The van der Waals surface area contributed by atoms with Gasteiger partial charge in [0.1, 0.15) is 11.6 Å². The van der Waals surface area contributed by atoms with E-state index in [9.17, 15) is 6.48 Å². The number of imidazole rings is 1. The van der Waals surface area contributed by atoms with Gasteiger partial charge < -0.3 is 5.11 Å². The molecule has 4 nitrogen and oxygen atoms in total. The van der Waals surface area contributed by atoms with Crippen LogP contribution in [0.15, 0.2) is 158 Å². The predicted molar refractivity (Wildman–Crippen MR) is 264 cm³/mol. The summed E-state index contributed by atoms with van der Waals surface area (Å²) in [7, 11) is 0. The number of aryl methyl sites for hydroxylation is 3. The Labute approximate surface area is 408 Å². The standard InChI is InChI=1S/C59H54N3O.Pt/c1-37-29-39(3)56(63)51(30-37)57-61-55-48(44-32-45(34-47(33-44)59(7,8)9)52-35-43(27-28-60-52)40-17-12-10-13-18-40)21-16-22-53(55)62(57)54-31-38(2)49(41-19-14-11-15-20-41)36-50(54)42-23-25-46(26-24-42)58(4,5)6;/h10-31,33-36,63H,1-9H3;/q-1;/i2D3,10D,12D,13D,17D,18D,27D,28D,35D;. The van der Waals surface area contributed by atoms with Crippen LogP contribution in [0.3, 0.4) is 0 Å². The minimum Gasteiger partial charge on any atom is -0.507 e. The van der Waals surface area contributed by atoms with Crippen molar-refractivity contribution in [3.63, 3.8) is 0 Å². The van der Waals surface area contributed by atoms with Gasteiger partial charge in [0.25, 0.3) is 0 Å². The molecule has 0 unspecified atom stereocenters. The third-order valence-electron chi connectivity index (χ3n) is 11.5. The Kier molecular flexibility index (Phi) is 8.75. The Balaban J connectivity index is 0.00000747. The number of phenolic OH excluding ortho intramolecular Hbond substituents is 1. The Bertz CT molecular complexity index is 3720. The molecule has 0 aliphatic rings. The van der Waals surface area contributed by atoms with E-state index in [1.807, 2.05) is 124 Å². The largest absolute Gasteiger partial charge is 0.507 e. The van der Waals surface area contributed by atoms with Gasteiger partial charge in [0.05, 0.1) is 33.3 Å². The van der Waals surface area contributed by atoms with Crippen molar-refractivity contribution in [2.24, 2.45) is 0 Å². The van der Waals surface area contributed by atoms with Crippen LogP contribution in [0.4, 0.5) is 0 Å². The molecule has 0 atom stereocenters. The summed E-state index contributed by atoms with van der Waals surface area (Å²) in [6.45, 7) is 13.7. The zero-order valence-corrected chi connectivity index (χ0v) is 39.3. The third kappa shape index (κ3) is 8.52. The molecule has 0 spiro atoms. The maximum Gasteiger partial charge on any atom is 0.148 e. The SMILES string of the molecule is [2H]c1nc(-c2[c-]c(-c3cccc4c3nc(-c3cc(C)cc(C)c3O)n4-c3cc(C([2H])([2H])[2H])c(-c4ccccc4)cc3-c3ccc(C(C)(C)C)cc3)cc(C(C)(C)C)c2)c([2H])c(-c2c([2H])c([2H])c([2H])c([2H])c2[2H])c1[2H].[Pt]. The van der Waals surface area contributed by atoms with Gasteiger partial charge in [0, 0.05) is 42.6 Å². The number of fused-ring (bicyclic) bond motifs is 1. The average Bonchev–Trinajstić information content (AvgIpc) is 3.74. The maximum atomic E-state index is 12.0. The Morgan fingerprint density at radius 1 is 0.625 bits per heavy atom. The van der Waals surface area contributed by atoms with E-state index >= 15 is 0 Å². The average molecular weight is 1030 g/mol. The molecule has 2 heterocycles. The second kappa shape index (κ2) is 17.3. The maximum absolute atomic E-state index is 12.0. The molecule has 0 fully saturated rings. The fourth-order valence-corrected chi connectivity index (χ4v) is 8.10. The molecule has 0 saturated carbocycles. The summed E-state index contributed by atoms with van der Waals surface area (Å²) in [6, 6.07) is 33.8. The monoisotopic (exact) mass is 1030 g/mol. The van der Waals surface area contributed by atoms with Crippen LogP contribution in [0.5, 0.6) is 5.75 Å². The number of pyridine rings is 1. The van der Waals surface area contributed by atoms with E-state index in [4.69, 9.17) is 18.7 Å². The van der Waals surface area contributed by atoms with Gasteiger partial charge in [-0.05, 0) is 112 Å². The number of aromatic hydroxyl groups is 1. The second-order valence-corrected chi connectivity index (χ2v) is 18.2. The molecule has 0 bridgehead atoms. The molecular weight excluding hydrogens is 962 g/mol. The molecule has 0 radical (unpaired) electrons. The van der Waals surface area contributed by atoms with Gasteiger partial charge in [-0.3, -0.25) is 9.55 Å². The van der Waals surface area contributed by atoms with Crippen LogP contribution >= 0.6 is 0 Å². The molecule has 0 saturated heterocycles. The van der Waals surface area contributed by atoms with Crippen LogP contribution in [0.2, 0.25) is 0 Å². The molecule has 0 amide bonds. The van der Waals surface area contributed by atoms with E-state index < -0.39 is 60.7 Å². The Hall–Kier alpha value is -6.35. The first kappa shape index (κ1) is 32.3. The van der Waals surface area contributed by atoms with Crippen LogP contribution in [0.1, 0.15) is 84.4 Å². The number of benzene rings is 7. The summed E-state index contributed by atoms with van der Waals surface area (Å²) in [5, 5.41) is 12.0. The van der Waals surface area contributed by atoms with Crippen LogP contribution in [-0.4, -0.2) is 19.6 Å². The van der Waals surface area contributed by atoms with E-state index in [1.54, 1.807) is 12.1 Å². The van der Waals surface area contributed by atoms with Crippen molar-refractivity contribution < 1.29 is 41.3 Å². The summed E-state index contributed by atoms with van der Waals surface area (Å²) in [6.07, 6.45) is -0.564. The van der Waals surface area contributed by atoms with Crippen molar-refractivity contribution in [3.05, 3.63) is 192 Å². The van der Waals surface area contributed by atoms with E-state index in [-0.39, 0.29) is 60.2 Å².